The molecule has 0 bridgehead atoms. The van der Waals surface area contributed by atoms with Gasteiger partial charge in [0, 0.05) is 6.20 Å². The standard InChI is InChI=1S/C7H6BrNO2S/c1-11-7(10)5-2-3-6(12-8)9-4-5/h2-4H,1H3. The predicted octanol–water partition coefficient (Wildman–Crippen LogP) is 2.27. The highest BCUT2D eigenvalue weighted by molar-refractivity contribution is 9.50. The van der Waals surface area contributed by atoms with E-state index in [1.807, 2.05) is 0 Å². The Bertz CT molecular complexity index is 275. The maximum Gasteiger partial charge on any atom is 0.339 e. The molecule has 1 aromatic heterocycles. The third-order valence-corrected chi connectivity index (χ3v) is 2.63. The second kappa shape index (κ2) is 4.47. The summed E-state index contributed by atoms with van der Waals surface area (Å²) in [6, 6.07) is 3.41. The molecule has 0 N–H and O–H groups in total. The van der Waals surface area contributed by atoms with Gasteiger partial charge >= 0.3 is 5.97 Å². The molecule has 0 amide bonds. The van der Waals surface area contributed by atoms with Gasteiger partial charge in [-0.1, -0.05) is 0 Å². The van der Waals surface area contributed by atoms with E-state index in [0.29, 0.717) is 5.56 Å². The molecule has 0 aromatic carbocycles. The third-order valence-electron chi connectivity index (χ3n) is 1.24. The lowest BCUT2D eigenvalue weighted by Crippen LogP contribution is -2.01. The van der Waals surface area contributed by atoms with E-state index >= 15 is 0 Å². The second-order valence-electron chi connectivity index (χ2n) is 1.95. The zero-order chi connectivity index (χ0) is 8.97. The highest BCUT2D eigenvalue weighted by atomic mass is 79.9. The van der Waals surface area contributed by atoms with Gasteiger partial charge in [0.1, 0.15) is 5.03 Å². The van der Waals surface area contributed by atoms with Gasteiger partial charge in [0.2, 0.25) is 0 Å². The molecule has 0 saturated carbocycles. The molecule has 0 aliphatic heterocycles. The molecule has 1 aromatic rings. The normalized spacial score (nSPS) is 9.50. The first kappa shape index (κ1) is 9.54. The van der Waals surface area contributed by atoms with Crippen LogP contribution in [0.3, 0.4) is 0 Å². The summed E-state index contributed by atoms with van der Waals surface area (Å²) in [5.41, 5.74) is 0.461. The van der Waals surface area contributed by atoms with Crippen molar-refractivity contribution in [3.63, 3.8) is 0 Å². The van der Waals surface area contributed by atoms with E-state index in [1.165, 1.54) is 23.5 Å². The topological polar surface area (TPSA) is 39.2 Å². The molecule has 64 valence electrons. The van der Waals surface area contributed by atoms with Crippen molar-refractivity contribution in [3.8, 4) is 0 Å². The monoisotopic (exact) mass is 247 g/mol. The Kier molecular flexibility index (Phi) is 3.55. The van der Waals surface area contributed by atoms with Crippen LogP contribution in [0.4, 0.5) is 0 Å². The maximum atomic E-state index is 10.9. The largest absolute Gasteiger partial charge is 0.465 e. The van der Waals surface area contributed by atoms with Crippen molar-refractivity contribution in [3.05, 3.63) is 23.9 Å². The number of aromatic nitrogens is 1. The molecule has 0 aliphatic carbocycles. The first-order valence-electron chi connectivity index (χ1n) is 3.11. The lowest BCUT2D eigenvalue weighted by atomic mass is 10.3. The van der Waals surface area contributed by atoms with Crippen LogP contribution in [-0.2, 0) is 4.74 Å². The Morgan fingerprint density at radius 2 is 2.42 bits per heavy atom. The Morgan fingerprint density at radius 1 is 1.67 bits per heavy atom. The molecule has 1 heterocycles. The fourth-order valence-electron chi connectivity index (χ4n) is 0.665. The Labute approximate surface area is 81.7 Å². The molecular formula is C7H6BrNO2S. The van der Waals surface area contributed by atoms with E-state index in [2.05, 4.69) is 24.5 Å². The fraction of sp³-hybridized carbons (Fsp3) is 0.143. The summed E-state index contributed by atoms with van der Waals surface area (Å²) in [6.07, 6.45) is 1.48. The predicted molar refractivity (Wildman–Crippen MR) is 50.4 cm³/mol. The molecule has 0 aliphatic rings. The van der Waals surface area contributed by atoms with Gasteiger partial charge < -0.3 is 4.74 Å². The second-order valence-corrected chi connectivity index (χ2v) is 3.50. The van der Waals surface area contributed by atoms with Crippen LogP contribution in [0, 0.1) is 0 Å². The van der Waals surface area contributed by atoms with Crippen molar-refractivity contribution in [1.82, 2.24) is 4.98 Å². The van der Waals surface area contributed by atoms with Crippen LogP contribution in [0.25, 0.3) is 0 Å². The Balaban J connectivity index is 2.84. The molecule has 0 saturated heterocycles. The minimum absolute atomic E-state index is 0.367. The van der Waals surface area contributed by atoms with E-state index in [4.69, 9.17) is 0 Å². The Hall–Kier alpha value is -0.550. The number of esters is 1. The summed E-state index contributed by atoms with van der Waals surface area (Å²) in [4.78, 5) is 14.9. The van der Waals surface area contributed by atoms with E-state index in [1.54, 1.807) is 12.1 Å². The summed E-state index contributed by atoms with van der Waals surface area (Å²) in [7, 11) is 2.69. The first-order chi connectivity index (χ1) is 5.77. The maximum absolute atomic E-state index is 10.9. The molecule has 1 rings (SSSR count). The summed E-state index contributed by atoms with van der Waals surface area (Å²) in [6.45, 7) is 0. The number of rotatable bonds is 2. The van der Waals surface area contributed by atoms with Gasteiger partial charge in [-0.25, -0.2) is 9.78 Å². The quantitative estimate of drug-likeness (QED) is 0.752. The van der Waals surface area contributed by atoms with Crippen LogP contribution in [0.5, 0.6) is 0 Å². The van der Waals surface area contributed by atoms with E-state index < -0.39 is 0 Å². The van der Waals surface area contributed by atoms with Crippen LogP contribution in [-0.4, -0.2) is 18.1 Å². The van der Waals surface area contributed by atoms with E-state index in [9.17, 15) is 4.79 Å². The van der Waals surface area contributed by atoms with Crippen LogP contribution < -0.4 is 0 Å². The van der Waals surface area contributed by atoms with Gasteiger partial charge in [-0.15, -0.1) is 0 Å². The SMILES string of the molecule is COC(=O)c1ccc(SBr)nc1. The van der Waals surface area contributed by atoms with Crippen LogP contribution in [0.1, 0.15) is 10.4 Å². The van der Waals surface area contributed by atoms with Gasteiger partial charge in [0.25, 0.3) is 0 Å². The van der Waals surface area contributed by atoms with Crippen molar-refractivity contribution >= 4 is 31.0 Å². The van der Waals surface area contributed by atoms with Crippen molar-refractivity contribution in [1.29, 1.82) is 0 Å². The number of ether oxygens (including phenoxy) is 1. The molecule has 5 heteroatoms. The summed E-state index contributed by atoms with van der Waals surface area (Å²) in [5.74, 6) is -0.367. The highest BCUT2D eigenvalue weighted by Gasteiger charge is 2.04. The number of hydrogen-bond donors (Lipinski definition) is 0. The molecule has 3 nitrogen and oxygen atoms in total. The number of nitrogens with zero attached hydrogens (tertiary/aromatic N) is 1. The van der Waals surface area contributed by atoms with Gasteiger partial charge in [-0.2, -0.15) is 0 Å². The molecular weight excluding hydrogens is 242 g/mol. The summed E-state index contributed by atoms with van der Waals surface area (Å²) >= 11 is 3.17. The fourth-order valence-corrected chi connectivity index (χ4v) is 1.45. The van der Waals surface area contributed by atoms with Crippen LogP contribution >= 0.6 is 25.0 Å². The van der Waals surface area contributed by atoms with Crippen LogP contribution in [0.15, 0.2) is 23.4 Å². The molecule has 12 heavy (non-hydrogen) atoms. The number of carbonyl (C=O) groups excluding carboxylic acids is 1. The number of methoxy groups -OCH3 is 1. The number of pyridine rings is 1. The van der Waals surface area contributed by atoms with Crippen molar-refractivity contribution < 1.29 is 9.53 Å². The van der Waals surface area contributed by atoms with Crippen LogP contribution in [0.2, 0.25) is 0 Å². The smallest absolute Gasteiger partial charge is 0.339 e. The van der Waals surface area contributed by atoms with Crippen molar-refractivity contribution in [2.75, 3.05) is 7.11 Å². The lowest BCUT2D eigenvalue weighted by Gasteiger charge is -1.97. The molecule has 0 unspecified atom stereocenters. The van der Waals surface area contributed by atoms with E-state index in [0.717, 1.165) is 5.03 Å². The zero-order valence-electron chi connectivity index (χ0n) is 6.28. The average Bonchev–Trinajstić information content (AvgIpc) is 2.17. The van der Waals surface area contributed by atoms with Gasteiger partial charge in [-0.3, -0.25) is 0 Å². The molecule has 0 spiro atoms. The minimum atomic E-state index is -0.367. The number of carbonyl (C=O) groups is 1. The summed E-state index contributed by atoms with van der Waals surface area (Å²) in [5, 5.41) is 0.808. The minimum Gasteiger partial charge on any atom is -0.465 e. The van der Waals surface area contributed by atoms with Crippen molar-refractivity contribution in [2.24, 2.45) is 0 Å². The summed E-state index contributed by atoms with van der Waals surface area (Å²) < 4.78 is 4.51. The number of hydrogen-bond acceptors (Lipinski definition) is 4. The number of halogens is 1. The third kappa shape index (κ3) is 2.22. The Morgan fingerprint density at radius 3 is 2.83 bits per heavy atom. The zero-order valence-corrected chi connectivity index (χ0v) is 8.68. The molecule has 0 fully saturated rings. The van der Waals surface area contributed by atoms with E-state index in [-0.39, 0.29) is 5.97 Å². The highest BCUT2D eigenvalue weighted by Crippen LogP contribution is 2.21. The van der Waals surface area contributed by atoms with Gasteiger partial charge in [0.05, 0.1) is 12.7 Å². The average molecular weight is 248 g/mol. The van der Waals surface area contributed by atoms with Crippen molar-refractivity contribution in [2.45, 2.75) is 5.03 Å². The van der Waals surface area contributed by atoms with Gasteiger partial charge in [-0.05, 0) is 37.1 Å². The van der Waals surface area contributed by atoms with Gasteiger partial charge in [0.15, 0.2) is 0 Å². The molecule has 0 radical (unpaired) electrons. The lowest BCUT2D eigenvalue weighted by molar-refractivity contribution is 0.0600. The first-order valence-corrected chi connectivity index (χ1v) is 5.77. The molecule has 0 atom stereocenters.